The van der Waals surface area contributed by atoms with Crippen molar-refractivity contribution in [3.63, 3.8) is 0 Å². The van der Waals surface area contributed by atoms with Gasteiger partial charge in [0.2, 0.25) is 47.3 Å². The molecular formula is C45H81N13O13S. The molecule has 10 atom stereocenters. The van der Waals surface area contributed by atoms with E-state index in [1.165, 1.54) is 4.90 Å². The highest BCUT2D eigenvalue weighted by Gasteiger charge is 2.39. The minimum Gasteiger partial charge on any atom is -0.481 e. The number of aliphatic carboxylic acids is 2. The van der Waals surface area contributed by atoms with Gasteiger partial charge in [0.15, 0.2) is 5.96 Å². The molecule has 0 saturated carbocycles. The van der Waals surface area contributed by atoms with Crippen molar-refractivity contribution in [3.05, 3.63) is 0 Å². The van der Waals surface area contributed by atoms with Crippen LogP contribution in [0.4, 0.5) is 0 Å². The third-order valence-electron chi connectivity index (χ3n) is 11.8. The van der Waals surface area contributed by atoms with Gasteiger partial charge in [0.1, 0.15) is 48.3 Å². The minimum absolute atomic E-state index is 0.0214. The lowest BCUT2D eigenvalue weighted by Crippen LogP contribution is -2.61. The van der Waals surface area contributed by atoms with Gasteiger partial charge in [-0.25, -0.2) is 4.79 Å². The Morgan fingerprint density at radius 1 is 0.681 bits per heavy atom. The van der Waals surface area contributed by atoms with Gasteiger partial charge in [-0.1, -0.05) is 54.4 Å². The minimum atomic E-state index is -1.86. The van der Waals surface area contributed by atoms with Gasteiger partial charge in [-0.2, -0.15) is 12.6 Å². The number of hydrogen-bond donors (Lipinski definition) is 15. The fourth-order valence-electron chi connectivity index (χ4n) is 7.66. The average molecular weight is 1040 g/mol. The molecule has 8 amide bonds. The Morgan fingerprint density at radius 2 is 1.19 bits per heavy atom. The van der Waals surface area contributed by atoms with Gasteiger partial charge in [0, 0.05) is 18.8 Å². The normalized spacial score (nSPS) is 17.1. The van der Waals surface area contributed by atoms with Gasteiger partial charge in [0.05, 0.1) is 19.1 Å². The number of nitrogens with one attached hydrogen (secondary N) is 7. The summed E-state index contributed by atoms with van der Waals surface area (Å²) in [5, 5.41) is 45.6. The van der Waals surface area contributed by atoms with Crippen LogP contribution < -0.4 is 60.2 Å². The first-order valence-electron chi connectivity index (χ1n) is 24.4. The summed E-state index contributed by atoms with van der Waals surface area (Å²) < 4.78 is 0. The van der Waals surface area contributed by atoms with E-state index in [1.807, 2.05) is 19.2 Å². The summed E-state index contributed by atoms with van der Waals surface area (Å²) >= 11 is 4.01. The summed E-state index contributed by atoms with van der Waals surface area (Å²) in [7, 11) is 0. The number of hydrogen-bond acceptors (Lipinski definition) is 15. The van der Waals surface area contributed by atoms with Crippen molar-refractivity contribution in [2.24, 2.45) is 45.7 Å². The van der Waals surface area contributed by atoms with Crippen LogP contribution in [0.25, 0.3) is 0 Å². The van der Waals surface area contributed by atoms with Gasteiger partial charge in [-0.05, 0) is 75.7 Å². The van der Waals surface area contributed by atoms with E-state index < -0.39 is 132 Å². The zero-order chi connectivity index (χ0) is 54.8. The number of unbranched alkanes of at least 4 members (excludes halogenated alkanes) is 1. The maximum absolute atomic E-state index is 14.3. The molecule has 410 valence electrons. The molecule has 27 heteroatoms. The second-order valence-corrected chi connectivity index (χ2v) is 19.2. The van der Waals surface area contributed by atoms with E-state index in [4.69, 9.17) is 22.9 Å². The first-order chi connectivity index (χ1) is 33.8. The Kier molecular flexibility index (Phi) is 29.5. The molecule has 0 aromatic rings. The van der Waals surface area contributed by atoms with Gasteiger partial charge in [-0.15, -0.1) is 0 Å². The Hall–Kier alpha value is -5.80. The molecule has 1 saturated heterocycles. The molecule has 72 heavy (non-hydrogen) atoms. The van der Waals surface area contributed by atoms with Crippen molar-refractivity contribution in [3.8, 4) is 0 Å². The number of carboxylic acid groups (broad SMARTS) is 2. The Balaban J connectivity index is 3.45. The van der Waals surface area contributed by atoms with Crippen LogP contribution in [0.5, 0.6) is 0 Å². The molecule has 0 bridgehead atoms. The predicted molar refractivity (Wildman–Crippen MR) is 268 cm³/mol. The van der Waals surface area contributed by atoms with E-state index in [1.54, 1.807) is 27.7 Å². The van der Waals surface area contributed by atoms with Crippen LogP contribution in [-0.2, 0) is 47.9 Å². The number of carbonyl (C=O) groups is 10. The number of carboxylic acids is 2. The van der Waals surface area contributed by atoms with Crippen molar-refractivity contribution in [2.45, 2.75) is 167 Å². The molecule has 18 N–H and O–H groups in total. The van der Waals surface area contributed by atoms with Crippen molar-refractivity contribution in [2.75, 3.05) is 32.0 Å². The summed E-state index contributed by atoms with van der Waals surface area (Å²) in [5.74, 6) is -11.2. The van der Waals surface area contributed by atoms with E-state index >= 15 is 0 Å². The molecule has 1 rings (SSSR count). The highest BCUT2D eigenvalue weighted by Crippen LogP contribution is 2.21. The third-order valence-corrected chi connectivity index (χ3v) is 12.2. The summed E-state index contributed by atoms with van der Waals surface area (Å²) in [6.45, 7) is 10.5. The second-order valence-electron chi connectivity index (χ2n) is 18.8. The lowest BCUT2D eigenvalue weighted by atomic mass is 9.95. The number of aliphatic hydroxyl groups excluding tert-OH is 1. The number of guanidine groups is 1. The monoisotopic (exact) mass is 1040 g/mol. The first kappa shape index (κ1) is 64.2. The standard InChI is InChI=1S/C45H81N13O13S/c1-7-25(6)35(57-39(65)29(19-24(4)5)53-41(67)33-14-11-17-58(33)43(69)26(47)12-8-9-15-46)42(68)54-28(18-23(2)3)37(63)51-27(13-10-16-50-45(48)49)36(62)52-30(20-34(60)61)38(64)56-32(22-72)40(66)55-31(21-59)44(70)71/h23-33,35,59,72H,7-22,46-47H2,1-6H3,(H,51,63)(H,52,62)(H,53,67)(H,54,68)(H,55,66)(H,56,64)(H,57,65)(H,60,61)(H,70,71)(H4,48,49,50)/t25-,26-,27-,28-,29-,30-,31-,32-,33-,35-/m0/s1. The van der Waals surface area contributed by atoms with Crippen LogP contribution in [0.15, 0.2) is 4.99 Å². The highest BCUT2D eigenvalue weighted by molar-refractivity contribution is 7.80. The molecule has 26 nitrogen and oxygen atoms in total. The van der Waals surface area contributed by atoms with Gasteiger partial charge < -0.3 is 80.4 Å². The number of likely N-dealkylation sites (tertiary alicyclic amines) is 1. The molecule has 0 aliphatic carbocycles. The van der Waals surface area contributed by atoms with Gasteiger partial charge in [-0.3, -0.25) is 48.1 Å². The number of amides is 8. The molecule has 1 aliphatic heterocycles. The van der Waals surface area contributed by atoms with Crippen LogP contribution in [0.3, 0.4) is 0 Å². The Labute approximate surface area is 426 Å². The zero-order valence-corrected chi connectivity index (χ0v) is 43.2. The van der Waals surface area contributed by atoms with E-state index in [2.05, 4.69) is 49.5 Å². The van der Waals surface area contributed by atoms with Crippen molar-refractivity contribution in [1.29, 1.82) is 0 Å². The number of rotatable bonds is 34. The van der Waals surface area contributed by atoms with Crippen LogP contribution in [-0.4, -0.2) is 172 Å². The molecular weight excluding hydrogens is 963 g/mol. The van der Waals surface area contributed by atoms with Crippen LogP contribution in [0.1, 0.15) is 112 Å². The maximum atomic E-state index is 14.3. The number of carbonyl (C=O) groups excluding carboxylic acids is 8. The fraction of sp³-hybridized carbons (Fsp3) is 0.756. The van der Waals surface area contributed by atoms with E-state index in [9.17, 15) is 63.3 Å². The second kappa shape index (κ2) is 33.0. The van der Waals surface area contributed by atoms with E-state index in [0.717, 1.165) is 0 Å². The molecule has 0 spiro atoms. The number of thiol groups is 1. The van der Waals surface area contributed by atoms with Gasteiger partial charge >= 0.3 is 11.9 Å². The molecule has 1 heterocycles. The largest absolute Gasteiger partial charge is 0.481 e. The number of aliphatic imine (C=N–C) groups is 1. The summed E-state index contributed by atoms with van der Waals surface area (Å²) in [6, 6.07) is -12.0. The van der Waals surface area contributed by atoms with Gasteiger partial charge in [0.25, 0.3) is 0 Å². The van der Waals surface area contributed by atoms with E-state index in [0.29, 0.717) is 51.6 Å². The summed E-state index contributed by atoms with van der Waals surface area (Å²) in [6.07, 6.45) is 2.12. The predicted octanol–water partition coefficient (Wildman–Crippen LogP) is -3.50. The number of nitrogens with zero attached hydrogens (tertiary/aromatic N) is 2. The SMILES string of the molecule is CC[C@H](C)[C@H](NC(=O)[C@H](CC(C)C)NC(=O)[C@@H]1CCCN1C(=O)[C@@H](N)CCCCN)C(=O)N[C@@H](CC(C)C)C(=O)N[C@@H](CCCN=C(N)N)C(=O)N[C@@H](CC(=O)O)C(=O)N[C@@H](CS)C(=O)N[C@@H](CO)C(=O)O. The Bertz CT molecular complexity index is 1870. The smallest absolute Gasteiger partial charge is 0.328 e. The molecule has 1 fully saturated rings. The molecule has 1 aliphatic rings. The topological polar surface area (TPSA) is 435 Å². The van der Waals surface area contributed by atoms with E-state index in [-0.39, 0.29) is 55.9 Å². The lowest BCUT2D eigenvalue weighted by Gasteiger charge is -2.31. The number of aliphatic hydroxyl groups is 1. The molecule has 0 aromatic heterocycles. The lowest BCUT2D eigenvalue weighted by molar-refractivity contribution is -0.144. The van der Waals surface area contributed by atoms with Crippen molar-refractivity contribution < 1.29 is 63.3 Å². The zero-order valence-electron chi connectivity index (χ0n) is 42.3. The quantitative estimate of drug-likeness (QED) is 0.0129. The van der Waals surface area contributed by atoms with Crippen LogP contribution in [0, 0.1) is 17.8 Å². The molecule has 0 radical (unpaired) electrons. The summed E-state index contributed by atoms with van der Waals surface area (Å²) in [4.78, 5) is 138. The first-order valence-corrected chi connectivity index (χ1v) is 25.1. The van der Waals surface area contributed by atoms with Crippen LogP contribution in [0.2, 0.25) is 0 Å². The molecule has 0 aromatic carbocycles. The average Bonchev–Trinajstić information content (AvgIpc) is 3.81. The Morgan fingerprint density at radius 3 is 1.72 bits per heavy atom. The summed E-state index contributed by atoms with van der Waals surface area (Å²) in [5.41, 5.74) is 22.7. The van der Waals surface area contributed by atoms with Crippen molar-refractivity contribution in [1.82, 2.24) is 42.1 Å². The molecule has 0 unspecified atom stereocenters. The van der Waals surface area contributed by atoms with Crippen LogP contribution >= 0.6 is 12.6 Å². The maximum Gasteiger partial charge on any atom is 0.328 e. The third kappa shape index (κ3) is 22.7. The van der Waals surface area contributed by atoms with Crippen molar-refractivity contribution >= 4 is 77.8 Å². The fourth-order valence-corrected chi connectivity index (χ4v) is 7.92. The highest BCUT2D eigenvalue weighted by atomic mass is 32.1. The number of nitrogens with two attached hydrogens (primary N) is 4.